The van der Waals surface area contributed by atoms with E-state index in [9.17, 15) is 9.18 Å². The highest BCUT2D eigenvalue weighted by Crippen LogP contribution is 2.30. The maximum Gasteiger partial charge on any atom is 0.276 e. The van der Waals surface area contributed by atoms with Gasteiger partial charge in [-0.3, -0.25) is 9.63 Å². The molecular formula is C21H21FN2O2. The minimum atomic E-state index is -0.306. The van der Waals surface area contributed by atoms with E-state index < -0.39 is 0 Å². The highest BCUT2D eigenvalue weighted by atomic mass is 19.1. The lowest BCUT2D eigenvalue weighted by molar-refractivity contribution is 0.0364. The van der Waals surface area contributed by atoms with Crippen molar-refractivity contribution in [3.05, 3.63) is 77.2 Å². The van der Waals surface area contributed by atoms with Gasteiger partial charge in [0.25, 0.3) is 5.91 Å². The molecule has 26 heavy (non-hydrogen) atoms. The minimum Gasteiger partial charge on any atom is -0.313 e. The zero-order valence-corrected chi connectivity index (χ0v) is 15.0. The monoisotopic (exact) mass is 352 g/mol. The van der Waals surface area contributed by atoms with Gasteiger partial charge in [-0.1, -0.05) is 12.1 Å². The lowest BCUT2D eigenvalue weighted by Gasteiger charge is -2.13. The summed E-state index contributed by atoms with van der Waals surface area (Å²) in [6, 6.07) is 16.1. The number of halogens is 1. The van der Waals surface area contributed by atoms with Crippen LogP contribution in [0.3, 0.4) is 0 Å². The third-order valence-electron chi connectivity index (χ3n) is 4.20. The zero-order valence-electron chi connectivity index (χ0n) is 15.0. The van der Waals surface area contributed by atoms with Gasteiger partial charge >= 0.3 is 0 Å². The Morgan fingerprint density at radius 2 is 1.85 bits per heavy atom. The highest BCUT2D eigenvalue weighted by molar-refractivity contribution is 5.96. The van der Waals surface area contributed by atoms with Gasteiger partial charge in [0.15, 0.2) is 0 Å². The van der Waals surface area contributed by atoms with Crippen LogP contribution in [0.15, 0.2) is 54.6 Å². The predicted octanol–water partition coefficient (Wildman–Crippen LogP) is 4.58. The molecule has 0 spiro atoms. The van der Waals surface area contributed by atoms with Crippen LogP contribution in [-0.4, -0.2) is 17.1 Å². The molecule has 0 aliphatic rings. The van der Waals surface area contributed by atoms with Crippen molar-refractivity contribution in [2.45, 2.75) is 20.8 Å². The third kappa shape index (κ3) is 3.53. The molecule has 0 aliphatic carbocycles. The van der Waals surface area contributed by atoms with Gasteiger partial charge in [-0.2, -0.15) is 0 Å². The van der Waals surface area contributed by atoms with Gasteiger partial charge in [-0.15, -0.1) is 0 Å². The number of hydrogen-bond donors (Lipinski definition) is 1. The molecule has 2 aromatic carbocycles. The van der Waals surface area contributed by atoms with E-state index >= 15 is 0 Å². The summed E-state index contributed by atoms with van der Waals surface area (Å²) in [4.78, 5) is 17.5. The number of benzene rings is 2. The molecule has 1 amide bonds. The van der Waals surface area contributed by atoms with Crippen molar-refractivity contribution >= 4 is 5.91 Å². The van der Waals surface area contributed by atoms with E-state index in [1.54, 1.807) is 25.1 Å². The van der Waals surface area contributed by atoms with E-state index in [-0.39, 0.29) is 11.7 Å². The number of amides is 1. The molecule has 0 unspecified atom stereocenters. The fraction of sp³-hybridized carbons (Fsp3) is 0.190. The minimum absolute atomic E-state index is 0.298. The van der Waals surface area contributed by atoms with E-state index in [0.717, 1.165) is 28.2 Å². The largest absolute Gasteiger partial charge is 0.313 e. The molecule has 0 aliphatic heterocycles. The second-order valence-corrected chi connectivity index (χ2v) is 6.07. The van der Waals surface area contributed by atoms with Crippen LogP contribution < -0.4 is 5.48 Å². The maximum absolute atomic E-state index is 13.3. The summed E-state index contributed by atoms with van der Waals surface area (Å²) in [5.74, 6) is -0.604. The van der Waals surface area contributed by atoms with Crippen LogP contribution >= 0.6 is 0 Å². The fourth-order valence-electron chi connectivity index (χ4n) is 2.96. The van der Waals surface area contributed by atoms with Gasteiger partial charge in [0.2, 0.25) is 0 Å². The van der Waals surface area contributed by atoms with Crippen molar-refractivity contribution < 1.29 is 14.0 Å². The van der Waals surface area contributed by atoms with Crippen LogP contribution in [0.4, 0.5) is 4.39 Å². The quantitative estimate of drug-likeness (QED) is 0.683. The standard InChI is InChI=1S/C21H21FN2O2/c1-4-26-23-21(25)19-13-20(16-8-10-17(22)11-9-16)24(15(19)3)18-7-5-6-14(2)12-18/h5-13H,4H2,1-3H3,(H,23,25). The van der Waals surface area contributed by atoms with Gasteiger partial charge in [0, 0.05) is 11.4 Å². The molecule has 4 nitrogen and oxygen atoms in total. The average molecular weight is 352 g/mol. The summed E-state index contributed by atoms with van der Waals surface area (Å²) in [6.45, 7) is 6.09. The molecule has 0 atom stereocenters. The van der Waals surface area contributed by atoms with Crippen molar-refractivity contribution in [3.8, 4) is 16.9 Å². The van der Waals surface area contributed by atoms with Crippen molar-refractivity contribution in [2.75, 3.05) is 6.61 Å². The summed E-state index contributed by atoms with van der Waals surface area (Å²) >= 11 is 0. The summed E-state index contributed by atoms with van der Waals surface area (Å²) < 4.78 is 15.3. The molecular weight excluding hydrogens is 331 g/mol. The number of aromatic nitrogens is 1. The number of nitrogens with zero attached hydrogens (tertiary/aromatic N) is 1. The molecule has 3 aromatic rings. The van der Waals surface area contributed by atoms with Crippen molar-refractivity contribution in [3.63, 3.8) is 0 Å². The van der Waals surface area contributed by atoms with Crippen LogP contribution in [0.1, 0.15) is 28.5 Å². The first kappa shape index (κ1) is 17.9. The smallest absolute Gasteiger partial charge is 0.276 e. The zero-order chi connectivity index (χ0) is 18.7. The Bertz CT molecular complexity index is 930. The van der Waals surface area contributed by atoms with Crippen LogP contribution in [0.5, 0.6) is 0 Å². The number of nitrogens with one attached hydrogen (secondary N) is 1. The van der Waals surface area contributed by atoms with Crippen molar-refractivity contribution in [1.82, 2.24) is 10.0 Å². The SMILES string of the molecule is CCONC(=O)c1cc(-c2ccc(F)cc2)n(-c2cccc(C)c2)c1C. The summed E-state index contributed by atoms with van der Waals surface area (Å²) in [5, 5.41) is 0. The Morgan fingerprint density at radius 3 is 2.50 bits per heavy atom. The summed E-state index contributed by atoms with van der Waals surface area (Å²) in [5.41, 5.74) is 7.43. The Balaban J connectivity index is 2.17. The topological polar surface area (TPSA) is 43.3 Å². The van der Waals surface area contributed by atoms with Gasteiger partial charge in [-0.25, -0.2) is 9.87 Å². The number of carbonyl (C=O) groups excluding carboxylic acids is 1. The predicted molar refractivity (Wildman–Crippen MR) is 99.7 cm³/mol. The molecule has 0 radical (unpaired) electrons. The van der Waals surface area contributed by atoms with E-state index in [0.29, 0.717) is 12.2 Å². The number of hydrogen-bond acceptors (Lipinski definition) is 2. The van der Waals surface area contributed by atoms with Gasteiger partial charge < -0.3 is 4.57 Å². The van der Waals surface area contributed by atoms with E-state index in [1.807, 2.05) is 42.7 Å². The molecule has 0 saturated heterocycles. The number of hydroxylamine groups is 1. The van der Waals surface area contributed by atoms with Crippen LogP contribution in [0, 0.1) is 19.7 Å². The van der Waals surface area contributed by atoms with E-state index in [2.05, 4.69) is 5.48 Å². The summed E-state index contributed by atoms with van der Waals surface area (Å²) in [7, 11) is 0. The normalized spacial score (nSPS) is 10.8. The lowest BCUT2D eigenvalue weighted by atomic mass is 10.1. The Morgan fingerprint density at radius 1 is 1.12 bits per heavy atom. The van der Waals surface area contributed by atoms with E-state index in [1.165, 1.54) is 12.1 Å². The van der Waals surface area contributed by atoms with Gasteiger partial charge in [0.05, 0.1) is 17.9 Å². The molecule has 0 fully saturated rings. The number of rotatable bonds is 5. The fourth-order valence-corrected chi connectivity index (χ4v) is 2.96. The molecule has 1 aromatic heterocycles. The van der Waals surface area contributed by atoms with Crippen molar-refractivity contribution in [2.24, 2.45) is 0 Å². The number of carbonyl (C=O) groups is 1. The second-order valence-electron chi connectivity index (χ2n) is 6.07. The molecule has 3 rings (SSSR count). The van der Waals surface area contributed by atoms with Gasteiger partial charge in [0.1, 0.15) is 5.82 Å². The van der Waals surface area contributed by atoms with Crippen LogP contribution in [0.2, 0.25) is 0 Å². The van der Waals surface area contributed by atoms with Crippen LogP contribution in [0.25, 0.3) is 16.9 Å². The highest BCUT2D eigenvalue weighted by Gasteiger charge is 2.20. The lowest BCUT2D eigenvalue weighted by Crippen LogP contribution is -2.24. The van der Waals surface area contributed by atoms with E-state index in [4.69, 9.17) is 4.84 Å². The molecule has 1 heterocycles. The second kappa shape index (κ2) is 7.54. The first-order valence-electron chi connectivity index (χ1n) is 8.48. The maximum atomic E-state index is 13.3. The molecule has 0 saturated carbocycles. The Labute approximate surface area is 152 Å². The van der Waals surface area contributed by atoms with Gasteiger partial charge in [-0.05, 0) is 74.4 Å². The summed E-state index contributed by atoms with van der Waals surface area (Å²) in [6.07, 6.45) is 0. The first-order valence-corrected chi connectivity index (χ1v) is 8.48. The Kier molecular flexibility index (Phi) is 5.19. The van der Waals surface area contributed by atoms with Crippen molar-refractivity contribution in [1.29, 1.82) is 0 Å². The molecule has 0 bridgehead atoms. The first-order chi connectivity index (χ1) is 12.5. The Hall–Kier alpha value is -2.92. The van der Waals surface area contributed by atoms with Crippen LogP contribution in [-0.2, 0) is 4.84 Å². The molecule has 5 heteroatoms. The number of aryl methyl sites for hydroxylation is 1. The molecule has 134 valence electrons. The third-order valence-corrected chi connectivity index (χ3v) is 4.20. The molecule has 1 N–H and O–H groups in total. The average Bonchev–Trinajstić information content (AvgIpc) is 2.97.